The first-order valence-electron chi connectivity index (χ1n) is 8.56. The number of hydrogen-bond donors (Lipinski definition) is 1. The first-order valence-corrected chi connectivity index (χ1v) is 8.94. The van der Waals surface area contributed by atoms with Crippen LogP contribution in [0.4, 0.5) is 0 Å². The molecule has 1 aliphatic rings. The Morgan fingerprint density at radius 1 is 1.36 bits per heavy atom. The summed E-state index contributed by atoms with van der Waals surface area (Å²) in [7, 11) is 4.03. The predicted molar refractivity (Wildman–Crippen MR) is 97.5 cm³/mol. The number of halogens is 1. The lowest BCUT2D eigenvalue weighted by Gasteiger charge is -2.32. The fourth-order valence-corrected chi connectivity index (χ4v) is 3.66. The third kappa shape index (κ3) is 3.17. The molecule has 0 radical (unpaired) electrons. The Balaban J connectivity index is 1.53. The molecular weight excluding hydrogens is 338 g/mol. The second-order valence-corrected chi connectivity index (χ2v) is 6.97. The molecular formula is C18H22ClN5O. The molecule has 0 saturated carbocycles. The summed E-state index contributed by atoms with van der Waals surface area (Å²) >= 11 is 6.11. The number of nitrogens with one attached hydrogen (secondary N) is 1. The van der Waals surface area contributed by atoms with E-state index in [1.165, 1.54) is 0 Å². The van der Waals surface area contributed by atoms with Gasteiger partial charge in [0.05, 0.1) is 17.6 Å². The summed E-state index contributed by atoms with van der Waals surface area (Å²) in [6.07, 6.45) is 5.86. The van der Waals surface area contributed by atoms with E-state index in [9.17, 15) is 0 Å². The minimum absolute atomic E-state index is 0.0297. The Bertz CT molecular complexity index is 887. The summed E-state index contributed by atoms with van der Waals surface area (Å²) in [5.41, 5.74) is 2.01. The lowest BCUT2D eigenvalue weighted by molar-refractivity contribution is -0.0180. The van der Waals surface area contributed by atoms with Crippen LogP contribution in [0, 0.1) is 0 Å². The molecule has 2 atom stereocenters. The predicted octanol–water partition coefficient (Wildman–Crippen LogP) is 2.97. The van der Waals surface area contributed by atoms with Crippen molar-refractivity contribution >= 4 is 22.6 Å². The molecule has 0 bridgehead atoms. The number of aromatic nitrogens is 4. The Morgan fingerprint density at radius 2 is 2.24 bits per heavy atom. The van der Waals surface area contributed by atoms with Gasteiger partial charge in [-0.3, -0.25) is 0 Å². The smallest absolute Gasteiger partial charge is 0.139 e. The van der Waals surface area contributed by atoms with Gasteiger partial charge in [0, 0.05) is 44.2 Å². The van der Waals surface area contributed by atoms with Crippen LogP contribution in [0.25, 0.3) is 11.0 Å². The Morgan fingerprint density at radius 3 is 3.04 bits per heavy atom. The molecule has 2 aromatic heterocycles. The van der Waals surface area contributed by atoms with Crippen LogP contribution >= 0.6 is 11.6 Å². The highest BCUT2D eigenvalue weighted by atomic mass is 35.5. The fourth-order valence-electron chi connectivity index (χ4n) is 3.49. The van der Waals surface area contributed by atoms with E-state index in [0.717, 1.165) is 47.2 Å². The van der Waals surface area contributed by atoms with Crippen LogP contribution < -0.4 is 5.32 Å². The molecule has 132 valence electrons. The monoisotopic (exact) mass is 359 g/mol. The van der Waals surface area contributed by atoms with Crippen molar-refractivity contribution in [2.45, 2.75) is 31.5 Å². The average molecular weight is 360 g/mol. The topological polar surface area (TPSA) is 56.9 Å². The first kappa shape index (κ1) is 16.6. The van der Waals surface area contributed by atoms with Gasteiger partial charge >= 0.3 is 0 Å². The Hall–Kier alpha value is -1.89. The molecule has 1 N–H and O–H groups in total. The van der Waals surface area contributed by atoms with Gasteiger partial charge in [-0.15, -0.1) is 0 Å². The van der Waals surface area contributed by atoms with E-state index in [1.807, 2.05) is 49.3 Å². The molecule has 0 aliphatic carbocycles. The van der Waals surface area contributed by atoms with Gasteiger partial charge in [0.1, 0.15) is 17.8 Å². The van der Waals surface area contributed by atoms with Crippen LogP contribution in [0.3, 0.4) is 0 Å². The molecule has 7 heteroatoms. The third-order valence-electron chi connectivity index (χ3n) is 4.89. The number of rotatable bonds is 4. The van der Waals surface area contributed by atoms with Gasteiger partial charge in [0.15, 0.2) is 0 Å². The van der Waals surface area contributed by atoms with E-state index >= 15 is 0 Å². The zero-order chi connectivity index (χ0) is 17.4. The summed E-state index contributed by atoms with van der Waals surface area (Å²) < 4.78 is 10.1. The number of benzene rings is 1. The van der Waals surface area contributed by atoms with Crippen molar-refractivity contribution in [2.75, 3.05) is 6.61 Å². The van der Waals surface area contributed by atoms with Crippen molar-refractivity contribution < 1.29 is 4.74 Å². The molecule has 3 aromatic rings. The highest BCUT2D eigenvalue weighted by Gasteiger charge is 2.30. The van der Waals surface area contributed by atoms with Crippen molar-refractivity contribution in [1.82, 2.24) is 24.4 Å². The van der Waals surface area contributed by atoms with Crippen molar-refractivity contribution in [2.24, 2.45) is 14.1 Å². The van der Waals surface area contributed by atoms with Crippen LogP contribution in [0.5, 0.6) is 0 Å². The minimum Gasteiger partial charge on any atom is -0.369 e. The Labute approximate surface area is 151 Å². The average Bonchev–Trinajstić information content (AvgIpc) is 3.17. The Kier molecular flexibility index (Phi) is 4.50. The number of hydrogen-bond acceptors (Lipinski definition) is 4. The molecule has 0 spiro atoms. The van der Waals surface area contributed by atoms with E-state index in [4.69, 9.17) is 21.3 Å². The molecule has 6 nitrogen and oxygen atoms in total. The standard InChI is InChI=1S/C18H22ClN5O/c1-23-8-7-20-18(23)17-14(4-3-9-25-17)21-11-16-22-13-6-5-12(19)10-15(13)24(16)2/h5-8,10,14,17,21H,3-4,9,11H2,1-2H3/t14-,17-/m0/s1. The van der Waals surface area contributed by atoms with E-state index in [0.29, 0.717) is 6.54 Å². The zero-order valence-corrected chi connectivity index (χ0v) is 15.2. The van der Waals surface area contributed by atoms with Gasteiger partial charge in [-0.25, -0.2) is 9.97 Å². The molecule has 1 fully saturated rings. The molecule has 0 unspecified atom stereocenters. The summed E-state index contributed by atoms with van der Waals surface area (Å²) in [5, 5.41) is 4.35. The molecule has 1 saturated heterocycles. The van der Waals surface area contributed by atoms with Crippen molar-refractivity contribution in [3.63, 3.8) is 0 Å². The van der Waals surface area contributed by atoms with Gasteiger partial charge in [-0.05, 0) is 31.0 Å². The lowest BCUT2D eigenvalue weighted by Crippen LogP contribution is -2.40. The fraction of sp³-hybridized carbons (Fsp3) is 0.444. The van der Waals surface area contributed by atoms with E-state index in [-0.39, 0.29) is 12.1 Å². The van der Waals surface area contributed by atoms with Crippen LogP contribution in [-0.4, -0.2) is 31.8 Å². The van der Waals surface area contributed by atoms with Gasteiger partial charge in [0.25, 0.3) is 0 Å². The van der Waals surface area contributed by atoms with E-state index in [1.54, 1.807) is 0 Å². The van der Waals surface area contributed by atoms with Gasteiger partial charge in [-0.2, -0.15) is 0 Å². The van der Waals surface area contributed by atoms with Crippen molar-refractivity contribution in [3.8, 4) is 0 Å². The van der Waals surface area contributed by atoms with E-state index in [2.05, 4.69) is 14.9 Å². The van der Waals surface area contributed by atoms with Crippen LogP contribution in [0.15, 0.2) is 30.6 Å². The lowest BCUT2D eigenvalue weighted by atomic mass is 10.0. The third-order valence-corrected chi connectivity index (χ3v) is 5.13. The summed E-state index contributed by atoms with van der Waals surface area (Å²) in [5.74, 6) is 1.95. The SMILES string of the molecule is Cn1ccnc1[C@H]1OCCC[C@@H]1NCc1nc2ccc(Cl)cc2n1C. The number of nitrogens with zero attached hydrogens (tertiary/aromatic N) is 4. The minimum atomic E-state index is -0.0297. The second kappa shape index (κ2) is 6.78. The normalized spacial score (nSPS) is 21.1. The first-order chi connectivity index (χ1) is 12.1. The van der Waals surface area contributed by atoms with Crippen LogP contribution in [0.2, 0.25) is 5.02 Å². The summed E-state index contributed by atoms with van der Waals surface area (Å²) in [6.45, 7) is 1.46. The van der Waals surface area contributed by atoms with E-state index < -0.39 is 0 Å². The maximum absolute atomic E-state index is 6.11. The van der Waals surface area contributed by atoms with Crippen molar-refractivity contribution in [1.29, 1.82) is 0 Å². The largest absolute Gasteiger partial charge is 0.369 e. The maximum atomic E-state index is 6.11. The highest BCUT2D eigenvalue weighted by molar-refractivity contribution is 6.31. The maximum Gasteiger partial charge on any atom is 0.139 e. The quantitative estimate of drug-likeness (QED) is 0.778. The molecule has 1 aliphatic heterocycles. The van der Waals surface area contributed by atoms with Gasteiger partial charge in [0.2, 0.25) is 0 Å². The number of imidazole rings is 2. The van der Waals surface area contributed by atoms with Crippen molar-refractivity contribution in [3.05, 3.63) is 47.3 Å². The van der Waals surface area contributed by atoms with Crippen LogP contribution in [-0.2, 0) is 25.4 Å². The highest BCUT2D eigenvalue weighted by Crippen LogP contribution is 2.27. The number of aryl methyl sites for hydroxylation is 2. The molecule has 4 rings (SSSR count). The molecule has 0 amide bonds. The molecule has 25 heavy (non-hydrogen) atoms. The summed E-state index contributed by atoms with van der Waals surface area (Å²) in [4.78, 5) is 9.19. The number of fused-ring (bicyclic) bond motifs is 1. The van der Waals surface area contributed by atoms with Crippen LogP contribution in [0.1, 0.15) is 30.6 Å². The second-order valence-electron chi connectivity index (χ2n) is 6.54. The van der Waals surface area contributed by atoms with Gasteiger partial charge in [-0.1, -0.05) is 11.6 Å². The summed E-state index contributed by atoms with van der Waals surface area (Å²) in [6, 6.07) is 6.01. The number of ether oxygens (including phenoxy) is 1. The van der Waals surface area contributed by atoms with Gasteiger partial charge < -0.3 is 19.2 Å². The molecule has 1 aromatic carbocycles. The molecule has 3 heterocycles. The zero-order valence-electron chi connectivity index (χ0n) is 14.4.